The summed E-state index contributed by atoms with van der Waals surface area (Å²) in [6.45, 7) is 3.85. The zero-order chi connectivity index (χ0) is 22.5. The van der Waals surface area contributed by atoms with Crippen molar-refractivity contribution >= 4 is 22.0 Å². The van der Waals surface area contributed by atoms with E-state index in [1.165, 1.54) is 77.0 Å². The fourth-order valence-electron chi connectivity index (χ4n) is 3.06. The van der Waals surface area contributed by atoms with E-state index < -0.39 is 10.4 Å². The Balaban J connectivity index is 0.00000122. The number of Topliss-reactive ketones (excluding diaryl/α,β-unsaturated/α-hetero) is 1. The van der Waals surface area contributed by atoms with Crippen LogP contribution >= 0.6 is 0 Å². The maximum Gasteiger partial charge on any atom is 0.397 e. The zero-order valence-corrected chi connectivity index (χ0v) is 19.7. The average molecular weight is 447 g/mol. The Morgan fingerprint density at radius 1 is 1.00 bits per heavy atom. The lowest BCUT2D eigenvalue weighted by molar-refractivity contribution is -0.113. The van der Waals surface area contributed by atoms with Crippen molar-refractivity contribution < 1.29 is 21.9 Å². The highest BCUT2D eigenvalue weighted by Crippen LogP contribution is 2.10. The predicted molar refractivity (Wildman–Crippen MR) is 123 cm³/mol. The Morgan fingerprint density at radius 2 is 1.50 bits per heavy atom. The van der Waals surface area contributed by atoms with Gasteiger partial charge < -0.3 is 5.32 Å². The highest BCUT2D eigenvalue weighted by atomic mass is 32.3. The highest BCUT2D eigenvalue weighted by Gasteiger charge is 2.13. The van der Waals surface area contributed by atoms with Crippen molar-refractivity contribution in [3.63, 3.8) is 0 Å². The Kier molecular flexibility index (Phi) is 18.9. The molecule has 0 unspecified atom stereocenters. The highest BCUT2D eigenvalue weighted by molar-refractivity contribution is 7.80. The van der Waals surface area contributed by atoms with Gasteiger partial charge in [0.15, 0.2) is 11.6 Å². The first-order valence-corrected chi connectivity index (χ1v) is 12.8. The number of carbonyl (C=O) groups is 1. The molecule has 8 heteroatoms. The molecule has 0 spiro atoms. The zero-order valence-electron chi connectivity index (χ0n) is 18.9. The number of aliphatic imine (C=N–C) groups is 1. The van der Waals surface area contributed by atoms with E-state index in [-0.39, 0.29) is 5.78 Å². The molecule has 0 saturated heterocycles. The topological polar surface area (TPSA) is 105 Å². The summed E-state index contributed by atoms with van der Waals surface area (Å²) in [6.07, 6.45) is 22.2. The molecule has 1 rings (SSSR count). The molecule has 0 atom stereocenters. The minimum absolute atomic E-state index is 0.199. The van der Waals surface area contributed by atoms with Crippen molar-refractivity contribution in [3.05, 3.63) is 12.2 Å². The third-order valence-electron chi connectivity index (χ3n) is 4.81. The Labute approximate surface area is 183 Å². The van der Waals surface area contributed by atoms with Crippen LogP contribution in [0, 0.1) is 0 Å². The van der Waals surface area contributed by atoms with Crippen LogP contribution in [0.15, 0.2) is 17.1 Å². The van der Waals surface area contributed by atoms with Crippen LogP contribution in [0.25, 0.3) is 0 Å². The van der Waals surface area contributed by atoms with Gasteiger partial charge >= 0.3 is 10.4 Å². The van der Waals surface area contributed by atoms with Crippen LogP contribution in [0.1, 0.15) is 96.8 Å². The summed E-state index contributed by atoms with van der Waals surface area (Å²) in [7, 11) is -3.29. The van der Waals surface area contributed by atoms with Gasteiger partial charge in [0.25, 0.3) is 0 Å². The number of carbonyl (C=O) groups excluding carboxylic acids is 1. The van der Waals surface area contributed by atoms with Crippen molar-refractivity contribution in [1.29, 1.82) is 0 Å². The van der Waals surface area contributed by atoms with Crippen LogP contribution in [0.3, 0.4) is 0 Å². The number of amidine groups is 1. The van der Waals surface area contributed by atoms with Crippen LogP contribution in [0.2, 0.25) is 0 Å². The second-order valence-electron chi connectivity index (χ2n) is 7.51. The number of nitrogens with zero attached hydrogens (tertiary/aromatic N) is 1. The van der Waals surface area contributed by atoms with Gasteiger partial charge in [0.1, 0.15) is 0 Å². The van der Waals surface area contributed by atoms with Crippen molar-refractivity contribution in [2.24, 2.45) is 4.99 Å². The SMILES string of the molecule is CCCCCCCCC=CCCCCCCCC(=O)C1=NCCN1.COS(=O)(=O)O. The lowest BCUT2D eigenvalue weighted by Gasteiger charge is -2.02. The van der Waals surface area contributed by atoms with Crippen molar-refractivity contribution in [2.75, 3.05) is 20.2 Å². The normalized spacial score (nSPS) is 13.6. The maximum atomic E-state index is 11.8. The van der Waals surface area contributed by atoms with Gasteiger partial charge in [-0.25, -0.2) is 0 Å². The van der Waals surface area contributed by atoms with Crippen LogP contribution in [-0.2, 0) is 19.4 Å². The summed E-state index contributed by atoms with van der Waals surface area (Å²) in [6, 6.07) is 0. The number of nitrogens with one attached hydrogen (secondary N) is 1. The van der Waals surface area contributed by atoms with Gasteiger partial charge in [-0.05, 0) is 32.1 Å². The summed E-state index contributed by atoms with van der Waals surface area (Å²) < 4.78 is 29.7. The first kappa shape index (κ1) is 28.8. The summed E-state index contributed by atoms with van der Waals surface area (Å²) in [4.78, 5) is 15.9. The number of hydrogen-bond donors (Lipinski definition) is 2. The maximum absolute atomic E-state index is 11.8. The number of allylic oxidation sites excluding steroid dienone is 2. The molecular weight excluding hydrogens is 404 g/mol. The average Bonchev–Trinajstić information content (AvgIpc) is 3.26. The van der Waals surface area contributed by atoms with Gasteiger partial charge in [0.05, 0.1) is 13.7 Å². The van der Waals surface area contributed by atoms with Crippen molar-refractivity contribution in [3.8, 4) is 0 Å². The minimum atomic E-state index is -4.16. The molecule has 1 heterocycles. The third kappa shape index (κ3) is 20.0. The van der Waals surface area contributed by atoms with Crippen molar-refractivity contribution in [1.82, 2.24) is 5.32 Å². The Hall–Kier alpha value is -1.25. The molecule has 1 aliphatic rings. The molecule has 0 bridgehead atoms. The first-order valence-electron chi connectivity index (χ1n) is 11.4. The third-order valence-corrected chi connectivity index (χ3v) is 5.24. The molecule has 0 aliphatic carbocycles. The van der Waals surface area contributed by atoms with Gasteiger partial charge in [-0.2, -0.15) is 8.42 Å². The van der Waals surface area contributed by atoms with E-state index in [1.54, 1.807) is 0 Å². The fraction of sp³-hybridized carbons (Fsp3) is 0.818. The number of rotatable bonds is 17. The van der Waals surface area contributed by atoms with Crippen LogP contribution < -0.4 is 5.32 Å². The predicted octanol–water partition coefficient (Wildman–Crippen LogP) is 5.03. The van der Waals surface area contributed by atoms with E-state index in [9.17, 15) is 13.2 Å². The number of hydrogen-bond acceptors (Lipinski definition) is 6. The molecular formula is C22H42N2O5S. The summed E-state index contributed by atoms with van der Waals surface area (Å²) >= 11 is 0. The van der Waals surface area contributed by atoms with E-state index >= 15 is 0 Å². The minimum Gasteiger partial charge on any atom is -0.366 e. The first-order chi connectivity index (χ1) is 14.4. The van der Waals surface area contributed by atoms with Gasteiger partial charge in [-0.15, -0.1) is 0 Å². The molecule has 30 heavy (non-hydrogen) atoms. The molecule has 0 saturated carbocycles. The van der Waals surface area contributed by atoms with E-state index in [0.29, 0.717) is 12.3 Å². The second kappa shape index (κ2) is 19.7. The smallest absolute Gasteiger partial charge is 0.366 e. The van der Waals surface area contributed by atoms with Crippen LogP contribution in [0.4, 0.5) is 0 Å². The van der Waals surface area contributed by atoms with E-state index in [0.717, 1.165) is 26.6 Å². The summed E-state index contributed by atoms with van der Waals surface area (Å²) in [5.74, 6) is 0.815. The van der Waals surface area contributed by atoms with Crippen LogP contribution in [0.5, 0.6) is 0 Å². The Morgan fingerprint density at radius 3 is 1.97 bits per heavy atom. The lowest BCUT2D eigenvalue weighted by atomic mass is 10.1. The molecule has 2 N–H and O–H groups in total. The van der Waals surface area contributed by atoms with E-state index in [4.69, 9.17) is 4.55 Å². The Bertz CT molecular complexity index is 588. The molecule has 0 aromatic rings. The number of ketones is 1. The van der Waals surface area contributed by atoms with Gasteiger partial charge in [0.2, 0.25) is 0 Å². The van der Waals surface area contributed by atoms with Gasteiger partial charge in [-0.1, -0.05) is 70.4 Å². The quantitative estimate of drug-likeness (QED) is 0.184. The van der Waals surface area contributed by atoms with Gasteiger partial charge in [0, 0.05) is 13.0 Å². The van der Waals surface area contributed by atoms with Crippen molar-refractivity contribution in [2.45, 2.75) is 96.8 Å². The molecule has 0 radical (unpaired) electrons. The second-order valence-corrected chi connectivity index (χ2v) is 8.70. The molecule has 176 valence electrons. The molecule has 0 fully saturated rings. The summed E-state index contributed by atoms with van der Waals surface area (Å²) in [5, 5.41) is 3.05. The fourth-order valence-corrected chi connectivity index (χ4v) is 3.06. The van der Waals surface area contributed by atoms with Crippen LogP contribution in [-0.4, -0.2) is 44.8 Å². The monoisotopic (exact) mass is 446 g/mol. The van der Waals surface area contributed by atoms with E-state index in [2.05, 4.69) is 33.6 Å². The van der Waals surface area contributed by atoms with Gasteiger partial charge in [-0.3, -0.25) is 18.5 Å². The lowest BCUT2D eigenvalue weighted by Crippen LogP contribution is -2.26. The molecule has 1 aliphatic heterocycles. The largest absolute Gasteiger partial charge is 0.397 e. The molecule has 7 nitrogen and oxygen atoms in total. The number of unbranched alkanes of at least 4 members (excludes halogenated alkanes) is 11. The molecule has 0 aromatic carbocycles. The summed E-state index contributed by atoms with van der Waals surface area (Å²) in [5.41, 5.74) is 0. The molecule has 0 aromatic heterocycles. The standard InChI is InChI=1S/C21H38N2O.CH4O4S/c1-2-3-4-5-6-7-8-9-10-11-12-13-14-15-16-17-20(24)21-22-18-19-23-21;1-5-6(2,3)4/h9-10H,2-8,11-19H2,1H3,(H,22,23);1H3,(H,2,3,4). The van der Waals surface area contributed by atoms with E-state index in [1.807, 2.05) is 0 Å². The molecule has 0 amide bonds.